The molecule has 0 unspecified atom stereocenters. The highest BCUT2D eigenvalue weighted by molar-refractivity contribution is 5.87. The van der Waals surface area contributed by atoms with Crippen molar-refractivity contribution in [3.05, 3.63) is 18.1 Å². The van der Waals surface area contributed by atoms with Gasteiger partial charge in [0.05, 0.1) is 5.39 Å². The number of rotatable bonds is 2. The van der Waals surface area contributed by atoms with Crippen LogP contribution in [0.3, 0.4) is 0 Å². The largest absolute Gasteiger partial charge is 0.372 e. The summed E-state index contributed by atoms with van der Waals surface area (Å²) >= 11 is 0. The lowest BCUT2D eigenvalue weighted by atomic mass is 10.3. The fourth-order valence-corrected chi connectivity index (χ4v) is 1.44. The first-order valence-corrected chi connectivity index (χ1v) is 4.78. The third-order valence-electron chi connectivity index (χ3n) is 1.95. The van der Waals surface area contributed by atoms with Crippen LogP contribution in [0.15, 0.2) is 12.3 Å². The van der Waals surface area contributed by atoms with Crippen molar-refractivity contribution >= 4 is 16.9 Å². The van der Waals surface area contributed by atoms with Gasteiger partial charge in [0.25, 0.3) is 0 Å². The zero-order valence-corrected chi connectivity index (χ0v) is 9.00. The molecule has 2 rings (SSSR count). The second-order valence-electron chi connectivity index (χ2n) is 4.04. The zero-order chi connectivity index (χ0) is 11.1. The van der Waals surface area contributed by atoms with Crippen LogP contribution in [0.25, 0.3) is 11.0 Å². The Bertz CT molecular complexity index is 484. The predicted molar refractivity (Wildman–Crippen MR) is 58.5 cm³/mol. The van der Waals surface area contributed by atoms with Crippen LogP contribution in [0.5, 0.6) is 0 Å². The van der Waals surface area contributed by atoms with Gasteiger partial charge in [-0.1, -0.05) is 0 Å². The number of anilines is 1. The quantitative estimate of drug-likeness (QED) is 0.649. The van der Waals surface area contributed by atoms with Gasteiger partial charge in [0, 0.05) is 6.20 Å². The van der Waals surface area contributed by atoms with E-state index in [9.17, 15) is 5.11 Å². The molecule has 0 radical (unpaired) electrons. The van der Waals surface area contributed by atoms with Crippen LogP contribution >= 0.6 is 0 Å². The minimum Gasteiger partial charge on any atom is -0.372 e. The second-order valence-corrected chi connectivity index (χ2v) is 4.04. The van der Waals surface area contributed by atoms with E-state index in [4.69, 9.17) is 0 Å². The van der Waals surface area contributed by atoms with Crippen LogP contribution in [0, 0.1) is 6.92 Å². The number of fused-ring (bicyclic) bond motifs is 1. The van der Waals surface area contributed by atoms with Crippen LogP contribution in [0.2, 0.25) is 0 Å². The van der Waals surface area contributed by atoms with Crippen LogP contribution in [-0.2, 0) is 0 Å². The first kappa shape index (κ1) is 9.92. The number of aromatic amines is 1. The molecule has 2 aromatic heterocycles. The molecular formula is C10H14N4O. The molecule has 0 bridgehead atoms. The van der Waals surface area contributed by atoms with Crippen molar-refractivity contribution in [2.75, 3.05) is 5.32 Å². The second kappa shape index (κ2) is 3.20. The minimum atomic E-state index is -0.995. The normalized spacial score (nSPS) is 12.0. The molecule has 0 aromatic carbocycles. The maximum Gasteiger partial charge on any atom is 0.143 e. The Hall–Kier alpha value is -1.62. The lowest BCUT2D eigenvalue weighted by Crippen LogP contribution is -2.30. The highest BCUT2D eigenvalue weighted by atomic mass is 16.3. The van der Waals surface area contributed by atoms with Gasteiger partial charge in [0.1, 0.15) is 23.0 Å². The van der Waals surface area contributed by atoms with Gasteiger partial charge in [0.2, 0.25) is 0 Å². The Kier molecular flexibility index (Phi) is 2.12. The van der Waals surface area contributed by atoms with E-state index in [-0.39, 0.29) is 0 Å². The smallest absolute Gasteiger partial charge is 0.143 e. The zero-order valence-electron chi connectivity index (χ0n) is 9.00. The maximum absolute atomic E-state index is 9.68. The van der Waals surface area contributed by atoms with Crippen molar-refractivity contribution in [1.82, 2.24) is 15.0 Å². The number of nitrogens with one attached hydrogen (secondary N) is 2. The summed E-state index contributed by atoms with van der Waals surface area (Å²) in [5.41, 5.74) is -0.223. The summed E-state index contributed by atoms with van der Waals surface area (Å²) < 4.78 is 0. The van der Waals surface area contributed by atoms with E-state index in [0.29, 0.717) is 11.6 Å². The molecule has 0 aliphatic rings. The average molecular weight is 206 g/mol. The van der Waals surface area contributed by atoms with Crippen molar-refractivity contribution in [2.45, 2.75) is 26.5 Å². The Morgan fingerprint density at radius 1 is 1.40 bits per heavy atom. The molecule has 15 heavy (non-hydrogen) atoms. The Balaban J connectivity index is 2.53. The molecule has 2 heterocycles. The molecule has 0 saturated heterocycles. The number of nitrogens with zero attached hydrogens (tertiary/aromatic N) is 2. The Morgan fingerprint density at radius 3 is 2.80 bits per heavy atom. The average Bonchev–Trinajstić information content (AvgIpc) is 2.48. The van der Waals surface area contributed by atoms with E-state index in [0.717, 1.165) is 11.0 Å². The topological polar surface area (TPSA) is 73.8 Å². The maximum atomic E-state index is 9.68. The van der Waals surface area contributed by atoms with Crippen LogP contribution < -0.4 is 5.32 Å². The number of aryl methyl sites for hydroxylation is 1. The standard InChI is InChI=1S/C10H14N4O/c1-6-12-8-7(4-5-11-8)9(13-6)14-10(2,3)15/h4-5,15H,1-3H3,(H2,11,12,13,14). The predicted octanol–water partition coefficient (Wildman–Crippen LogP) is 1.41. The first-order chi connectivity index (χ1) is 6.96. The van der Waals surface area contributed by atoms with E-state index in [1.54, 1.807) is 20.0 Å². The molecule has 5 heteroatoms. The SMILES string of the molecule is Cc1nc(NC(C)(C)O)c2cc[nH]c2n1. The van der Waals surface area contributed by atoms with E-state index in [1.165, 1.54) is 0 Å². The Morgan fingerprint density at radius 2 is 2.13 bits per heavy atom. The van der Waals surface area contributed by atoms with Crippen LogP contribution in [0.1, 0.15) is 19.7 Å². The van der Waals surface area contributed by atoms with Gasteiger partial charge in [-0.15, -0.1) is 0 Å². The van der Waals surface area contributed by atoms with Crippen molar-refractivity contribution < 1.29 is 5.11 Å². The lowest BCUT2D eigenvalue weighted by molar-refractivity contribution is 0.111. The molecular weight excluding hydrogens is 192 g/mol. The third kappa shape index (κ3) is 2.07. The fourth-order valence-electron chi connectivity index (χ4n) is 1.44. The molecule has 0 saturated carbocycles. The number of H-pyrrole nitrogens is 1. The van der Waals surface area contributed by atoms with Gasteiger partial charge in [-0.3, -0.25) is 0 Å². The number of aromatic nitrogens is 3. The van der Waals surface area contributed by atoms with E-state index < -0.39 is 5.72 Å². The van der Waals surface area contributed by atoms with Gasteiger partial charge < -0.3 is 15.4 Å². The molecule has 2 aromatic rings. The Labute approximate surface area is 87.6 Å². The van der Waals surface area contributed by atoms with Crippen LogP contribution in [-0.4, -0.2) is 25.8 Å². The van der Waals surface area contributed by atoms with Gasteiger partial charge in [-0.25, -0.2) is 9.97 Å². The van der Waals surface area contributed by atoms with Gasteiger partial charge >= 0.3 is 0 Å². The number of hydrogen-bond donors (Lipinski definition) is 3. The highest BCUT2D eigenvalue weighted by Gasteiger charge is 2.15. The first-order valence-electron chi connectivity index (χ1n) is 4.78. The van der Waals surface area contributed by atoms with E-state index >= 15 is 0 Å². The molecule has 5 nitrogen and oxygen atoms in total. The van der Waals surface area contributed by atoms with Crippen molar-refractivity contribution in [1.29, 1.82) is 0 Å². The molecule has 0 aliphatic heterocycles. The van der Waals surface area contributed by atoms with Gasteiger partial charge in [-0.05, 0) is 26.8 Å². The minimum absolute atomic E-state index is 0.645. The summed E-state index contributed by atoms with van der Waals surface area (Å²) in [4.78, 5) is 11.5. The van der Waals surface area contributed by atoms with Crippen LogP contribution in [0.4, 0.5) is 5.82 Å². The molecule has 0 amide bonds. The summed E-state index contributed by atoms with van der Waals surface area (Å²) in [5.74, 6) is 1.31. The number of hydrogen-bond acceptors (Lipinski definition) is 4. The summed E-state index contributed by atoms with van der Waals surface area (Å²) in [6.45, 7) is 5.15. The van der Waals surface area contributed by atoms with E-state index in [2.05, 4.69) is 20.3 Å². The summed E-state index contributed by atoms with van der Waals surface area (Å²) in [7, 11) is 0. The molecule has 0 atom stereocenters. The fraction of sp³-hybridized carbons (Fsp3) is 0.400. The van der Waals surface area contributed by atoms with Gasteiger partial charge in [0.15, 0.2) is 0 Å². The highest BCUT2D eigenvalue weighted by Crippen LogP contribution is 2.21. The molecule has 0 spiro atoms. The molecule has 80 valence electrons. The summed E-state index contributed by atoms with van der Waals surface area (Å²) in [6, 6.07) is 1.88. The molecule has 0 fully saturated rings. The molecule has 0 aliphatic carbocycles. The monoisotopic (exact) mass is 206 g/mol. The summed E-state index contributed by atoms with van der Waals surface area (Å²) in [5, 5.41) is 13.5. The number of aliphatic hydroxyl groups is 1. The van der Waals surface area contributed by atoms with E-state index in [1.807, 2.05) is 13.0 Å². The lowest BCUT2D eigenvalue weighted by Gasteiger charge is -2.20. The van der Waals surface area contributed by atoms with Crippen molar-refractivity contribution in [3.63, 3.8) is 0 Å². The summed E-state index contributed by atoms with van der Waals surface area (Å²) in [6.07, 6.45) is 1.80. The van der Waals surface area contributed by atoms with Crippen molar-refractivity contribution in [3.8, 4) is 0 Å². The van der Waals surface area contributed by atoms with Gasteiger partial charge in [-0.2, -0.15) is 0 Å². The third-order valence-corrected chi connectivity index (χ3v) is 1.95. The van der Waals surface area contributed by atoms with Crippen molar-refractivity contribution in [2.24, 2.45) is 0 Å². The molecule has 3 N–H and O–H groups in total.